The van der Waals surface area contributed by atoms with Crippen LogP contribution in [0.15, 0.2) is 30.3 Å². The molecule has 1 aliphatic rings. The van der Waals surface area contributed by atoms with Crippen molar-refractivity contribution < 1.29 is 9.53 Å². The van der Waals surface area contributed by atoms with Crippen LogP contribution in [0.4, 0.5) is 5.82 Å². The van der Waals surface area contributed by atoms with E-state index < -0.39 is 0 Å². The monoisotopic (exact) mass is 367 g/mol. The van der Waals surface area contributed by atoms with Gasteiger partial charge in [-0.3, -0.25) is 0 Å². The second-order valence-electron chi connectivity index (χ2n) is 6.72. The van der Waals surface area contributed by atoms with Crippen molar-refractivity contribution in [1.82, 2.24) is 9.97 Å². The molecule has 0 unspecified atom stereocenters. The Labute approximate surface area is 156 Å². The molecule has 1 atom stereocenters. The molecule has 1 fully saturated rings. The predicted molar refractivity (Wildman–Crippen MR) is 104 cm³/mol. The Morgan fingerprint density at radius 1 is 1.23 bits per heavy atom. The number of esters is 1. The number of carbonyl (C=O) groups is 1. The van der Waals surface area contributed by atoms with Crippen molar-refractivity contribution in [3.8, 4) is 0 Å². The minimum absolute atomic E-state index is 0.217. The van der Waals surface area contributed by atoms with Crippen LogP contribution in [-0.2, 0) is 4.74 Å². The number of nitrogens with zero attached hydrogens (tertiary/aromatic N) is 2. The van der Waals surface area contributed by atoms with Crippen LogP contribution < -0.4 is 5.32 Å². The highest BCUT2D eigenvalue weighted by Crippen LogP contribution is 2.44. The number of methoxy groups -OCH3 is 1. The number of anilines is 1. The SMILES string of the molecule is COC(=O)c1sc2nc(C)nc(N[C@@H](c3ccccc3)C3CC3)c2c1C. The number of carbonyl (C=O) groups excluding carboxylic acids is 1. The van der Waals surface area contributed by atoms with E-state index in [9.17, 15) is 4.79 Å². The lowest BCUT2D eigenvalue weighted by atomic mass is 10.0. The number of thiophene rings is 1. The van der Waals surface area contributed by atoms with Crippen molar-refractivity contribution in [2.75, 3.05) is 12.4 Å². The number of aryl methyl sites for hydroxylation is 2. The Kier molecular flexibility index (Phi) is 4.36. The summed E-state index contributed by atoms with van der Waals surface area (Å²) >= 11 is 1.37. The van der Waals surface area contributed by atoms with Gasteiger partial charge < -0.3 is 10.1 Å². The summed E-state index contributed by atoms with van der Waals surface area (Å²) in [5.74, 6) is 1.79. The molecule has 0 spiro atoms. The fourth-order valence-electron chi connectivity index (χ4n) is 3.35. The van der Waals surface area contributed by atoms with E-state index in [0.29, 0.717) is 16.6 Å². The van der Waals surface area contributed by atoms with E-state index in [1.165, 1.54) is 36.9 Å². The molecular weight excluding hydrogens is 346 g/mol. The van der Waals surface area contributed by atoms with Crippen molar-refractivity contribution in [3.05, 3.63) is 52.2 Å². The van der Waals surface area contributed by atoms with E-state index in [0.717, 1.165) is 21.6 Å². The highest BCUT2D eigenvalue weighted by Gasteiger charge is 2.33. The van der Waals surface area contributed by atoms with E-state index >= 15 is 0 Å². The number of fused-ring (bicyclic) bond motifs is 1. The number of hydrogen-bond donors (Lipinski definition) is 1. The molecule has 1 aromatic carbocycles. The van der Waals surface area contributed by atoms with Crippen molar-refractivity contribution in [2.24, 2.45) is 5.92 Å². The second kappa shape index (κ2) is 6.68. The third kappa shape index (κ3) is 3.05. The molecule has 3 aromatic rings. The second-order valence-corrected chi connectivity index (χ2v) is 7.72. The first kappa shape index (κ1) is 17.0. The molecule has 5 nitrogen and oxygen atoms in total. The molecule has 1 aliphatic carbocycles. The minimum Gasteiger partial charge on any atom is -0.465 e. The summed E-state index contributed by atoms with van der Waals surface area (Å²) in [5, 5.41) is 4.57. The van der Waals surface area contributed by atoms with Gasteiger partial charge in [-0.15, -0.1) is 11.3 Å². The van der Waals surface area contributed by atoms with Gasteiger partial charge in [-0.25, -0.2) is 14.8 Å². The molecule has 2 aromatic heterocycles. The summed E-state index contributed by atoms with van der Waals surface area (Å²) in [6, 6.07) is 10.7. The Hall–Kier alpha value is -2.47. The molecule has 6 heteroatoms. The van der Waals surface area contributed by atoms with Gasteiger partial charge in [0.2, 0.25) is 0 Å². The van der Waals surface area contributed by atoms with Crippen LogP contribution in [-0.4, -0.2) is 23.0 Å². The minimum atomic E-state index is -0.323. The third-order valence-corrected chi connectivity index (χ3v) is 5.98. The standard InChI is InChI=1S/C20H21N3O2S/c1-11-15-18(21-12(2)22-19(15)26-17(11)20(24)25-3)23-16(14-9-10-14)13-7-5-4-6-8-13/h4-8,14,16H,9-10H2,1-3H3,(H,21,22,23)/t16-/m0/s1. The number of aromatic nitrogens is 2. The Balaban J connectivity index is 1.80. The van der Waals surface area contributed by atoms with E-state index in [1.54, 1.807) is 0 Å². The number of benzene rings is 1. The van der Waals surface area contributed by atoms with Crippen molar-refractivity contribution in [1.29, 1.82) is 0 Å². The molecule has 1 saturated carbocycles. The normalized spacial score (nSPS) is 15.0. The van der Waals surface area contributed by atoms with Gasteiger partial charge in [-0.05, 0) is 43.7 Å². The molecule has 0 amide bonds. The average Bonchev–Trinajstić information content (AvgIpc) is 3.43. The molecule has 1 N–H and O–H groups in total. The first-order valence-corrected chi connectivity index (χ1v) is 9.57. The van der Waals surface area contributed by atoms with Crippen molar-refractivity contribution in [2.45, 2.75) is 32.7 Å². The van der Waals surface area contributed by atoms with E-state index in [2.05, 4.69) is 39.6 Å². The van der Waals surface area contributed by atoms with Crippen LogP contribution >= 0.6 is 11.3 Å². The number of hydrogen-bond acceptors (Lipinski definition) is 6. The molecule has 26 heavy (non-hydrogen) atoms. The van der Waals surface area contributed by atoms with Gasteiger partial charge in [0, 0.05) is 0 Å². The lowest BCUT2D eigenvalue weighted by molar-refractivity contribution is 0.0605. The third-order valence-electron chi connectivity index (χ3n) is 4.82. The molecular formula is C20H21N3O2S. The maximum Gasteiger partial charge on any atom is 0.348 e. The summed E-state index contributed by atoms with van der Waals surface area (Å²) in [6.45, 7) is 3.82. The highest BCUT2D eigenvalue weighted by atomic mass is 32.1. The lowest BCUT2D eigenvalue weighted by Crippen LogP contribution is -2.14. The first-order chi connectivity index (χ1) is 12.6. The highest BCUT2D eigenvalue weighted by molar-refractivity contribution is 7.20. The van der Waals surface area contributed by atoms with Gasteiger partial charge >= 0.3 is 5.97 Å². The summed E-state index contributed by atoms with van der Waals surface area (Å²) in [5.41, 5.74) is 2.14. The first-order valence-electron chi connectivity index (χ1n) is 8.76. The van der Waals surface area contributed by atoms with Crippen LogP contribution in [0.25, 0.3) is 10.2 Å². The van der Waals surface area contributed by atoms with E-state index in [4.69, 9.17) is 4.74 Å². The van der Waals surface area contributed by atoms with E-state index in [-0.39, 0.29) is 12.0 Å². The predicted octanol–water partition coefficient (Wildman–Crippen LogP) is 4.66. The molecule has 0 radical (unpaired) electrons. The largest absolute Gasteiger partial charge is 0.465 e. The summed E-state index contributed by atoms with van der Waals surface area (Å²) in [7, 11) is 1.40. The summed E-state index contributed by atoms with van der Waals surface area (Å²) in [4.78, 5) is 22.7. The van der Waals surface area contributed by atoms with Crippen molar-refractivity contribution >= 4 is 33.3 Å². The van der Waals surface area contributed by atoms with Gasteiger partial charge in [0.1, 0.15) is 21.3 Å². The molecule has 0 bridgehead atoms. The lowest BCUT2D eigenvalue weighted by Gasteiger charge is -2.20. The van der Waals surface area contributed by atoms with Crippen molar-refractivity contribution in [3.63, 3.8) is 0 Å². The molecule has 2 heterocycles. The molecule has 0 saturated heterocycles. The Morgan fingerprint density at radius 2 is 1.96 bits per heavy atom. The van der Waals surface area contributed by atoms with Crippen LogP contribution in [0.1, 0.15) is 45.5 Å². The van der Waals surface area contributed by atoms with Crippen LogP contribution in [0.3, 0.4) is 0 Å². The fraction of sp³-hybridized carbons (Fsp3) is 0.350. The zero-order chi connectivity index (χ0) is 18.3. The number of rotatable bonds is 5. The van der Waals surface area contributed by atoms with Crippen LogP contribution in [0.5, 0.6) is 0 Å². The van der Waals surface area contributed by atoms with Gasteiger partial charge in [0.15, 0.2) is 0 Å². The van der Waals surface area contributed by atoms with Crippen LogP contribution in [0.2, 0.25) is 0 Å². The number of nitrogens with one attached hydrogen (secondary N) is 1. The van der Waals surface area contributed by atoms with Gasteiger partial charge in [0.25, 0.3) is 0 Å². The van der Waals surface area contributed by atoms with Gasteiger partial charge in [-0.1, -0.05) is 30.3 Å². The Morgan fingerprint density at radius 3 is 2.62 bits per heavy atom. The smallest absolute Gasteiger partial charge is 0.348 e. The average molecular weight is 367 g/mol. The topological polar surface area (TPSA) is 64.1 Å². The molecule has 4 rings (SSSR count). The maximum atomic E-state index is 12.1. The van der Waals surface area contributed by atoms with Gasteiger partial charge in [-0.2, -0.15) is 0 Å². The van der Waals surface area contributed by atoms with Gasteiger partial charge in [0.05, 0.1) is 18.5 Å². The van der Waals surface area contributed by atoms with Crippen LogP contribution in [0, 0.1) is 19.8 Å². The quantitative estimate of drug-likeness (QED) is 0.665. The fourth-order valence-corrected chi connectivity index (χ4v) is 4.49. The zero-order valence-corrected chi connectivity index (χ0v) is 15.9. The summed E-state index contributed by atoms with van der Waals surface area (Å²) in [6.07, 6.45) is 2.44. The number of ether oxygens (including phenoxy) is 1. The molecule has 134 valence electrons. The summed E-state index contributed by atoms with van der Waals surface area (Å²) < 4.78 is 4.92. The van der Waals surface area contributed by atoms with E-state index in [1.807, 2.05) is 19.9 Å². The maximum absolute atomic E-state index is 12.1. The molecule has 0 aliphatic heterocycles. The Bertz CT molecular complexity index is 964. The zero-order valence-electron chi connectivity index (χ0n) is 15.1.